The number of hydrogen-bond donors (Lipinski definition) is 0. The van der Waals surface area contributed by atoms with Crippen molar-refractivity contribution in [2.45, 2.75) is 19.1 Å². The highest BCUT2D eigenvalue weighted by atomic mass is 32.2. The van der Waals surface area contributed by atoms with E-state index in [0.29, 0.717) is 6.42 Å². The third-order valence-corrected chi connectivity index (χ3v) is 3.35. The van der Waals surface area contributed by atoms with Gasteiger partial charge in [0.2, 0.25) is 0 Å². The zero-order valence-corrected chi connectivity index (χ0v) is 8.54. The van der Waals surface area contributed by atoms with E-state index in [-0.39, 0.29) is 0 Å². The van der Waals surface area contributed by atoms with Crippen molar-refractivity contribution < 1.29 is 0 Å². The van der Waals surface area contributed by atoms with Gasteiger partial charge in [0.05, 0.1) is 12.5 Å². The molecule has 0 unspecified atom stereocenters. The molecule has 0 atom stereocenters. The molecule has 64 valence electrons. The van der Waals surface area contributed by atoms with Crippen LogP contribution in [0.1, 0.15) is 16.8 Å². The molecule has 0 N–H and O–H groups in total. The molecule has 1 rings (SSSR count). The Morgan fingerprint density at radius 3 is 3.25 bits per heavy atom. The van der Waals surface area contributed by atoms with Gasteiger partial charge in [-0.1, -0.05) is 6.92 Å². The fraction of sp³-hybridized carbons (Fsp3) is 0.500. The number of aromatic nitrogens is 1. The van der Waals surface area contributed by atoms with Crippen LogP contribution in [-0.4, -0.2) is 10.7 Å². The predicted molar refractivity (Wildman–Crippen MR) is 53.3 cm³/mol. The van der Waals surface area contributed by atoms with Crippen LogP contribution in [0.3, 0.4) is 0 Å². The van der Waals surface area contributed by atoms with Gasteiger partial charge in [0.25, 0.3) is 0 Å². The van der Waals surface area contributed by atoms with Crippen LogP contribution >= 0.6 is 23.1 Å². The summed E-state index contributed by atoms with van der Waals surface area (Å²) in [7, 11) is 0. The van der Waals surface area contributed by atoms with Gasteiger partial charge in [-0.25, -0.2) is 4.98 Å². The van der Waals surface area contributed by atoms with E-state index in [1.807, 2.05) is 11.8 Å². The molecule has 0 fully saturated rings. The average molecular weight is 198 g/mol. The summed E-state index contributed by atoms with van der Waals surface area (Å²) in [6, 6.07) is 2.12. The molecule has 1 aromatic heterocycles. The monoisotopic (exact) mass is 198 g/mol. The van der Waals surface area contributed by atoms with Gasteiger partial charge in [-0.2, -0.15) is 17.0 Å². The van der Waals surface area contributed by atoms with E-state index in [4.69, 9.17) is 5.26 Å². The largest absolute Gasteiger partial charge is 0.248 e. The average Bonchev–Trinajstić information content (AvgIpc) is 2.50. The highest BCUT2D eigenvalue weighted by Gasteiger charge is 2.00. The minimum atomic E-state index is 0.495. The Kier molecular flexibility index (Phi) is 4.12. The second-order valence-electron chi connectivity index (χ2n) is 2.19. The van der Waals surface area contributed by atoms with Crippen LogP contribution in [0.25, 0.3) is 0 Å². The van der Waals surface area contributed by atoms with Gasteiger partial charge in [0.15, 0.2) is 0 Å². The molecule has 0 aromatic carbocycles. The first-order valence-corrected chi connectivity index (χ1v) is 5.72. The number of hydrogen-bond acceptors (Lipinski definition) is 4. The number of rotatable bonds is 4. The van der Waals surface area contributed by atoms with Gasteiger partial charge >= 0.3 is 0 Å². The Bertz CT molecular complexity index is 275. The first kappa shape index (κ1) is 9.56. The van der Waals surface area contributed by atoms with E-state index in [1.165, 1.54) is 0 Å². The summed E-state index contributed by atoms with van der Waals surface area (Å²) in [6.45, 7) is 2.13. The van der Waals surface area contributed by atoms with Crippen LogP contribution in [0.2, 0.25) is 0 Å². The van der Waals surface area contributed by atoms with Gasteiger partial charge < -0.3 is 0 Å². The van der Waals surface area contributed by atoms with Gasteiger partial charge in [-0.3, -0.25) is 0 Å². The molecule has 0 saturated carbocycles. The van der Waals surface area contributed by atoms with Crippen molar-refractivity contribution in [2.75, 3.05) is 5.75 Å². The molecule has 0 aliphatic rings. The maximum atomic E-state index is 8.43. The summed E-state index contributed by atoms with van der Waals surface area (Å²) in [5.74, 6) is 2.10. The van der Waals surface area contributed by atoms with Crippen molar-refractivity contribution in [3.63, 3.8) is 0 Å². The van der Waals surface area contributed by atoms with Crippen LogP contribution < -0.4 is 0 Å². The summed E-state index contributed by atoms with van der Waals surface area (Å²) in [6.07, 6.45) is 2.30. The minimum absolute atomic E-state index is 0.495. The molecule has 0 spiro atoms. The Morgan fingerprint density at radius 1 is 1.75 bits per heavy atom. The smallest absolute Gasteiger partial charge is 0.103 e. The van der Waals surface area contributed by atoms with Crippen molar-refractivity contribution in [1.29, 1.82) is 5.26 Å². The molecular formula is C8H10N2S2. The SMILES string of the molecule is CCSCc1ncc(CC#N)s1. The van der Waals surface area contributed by atoms with Crippen LogP contribution in [0.15, 0.2) is 6.20 Å². The lowest BCUT2D eigenvalue weighted by molar-refractivity contribution is 1.23. The first-order valence-electron chi connectivity index (χ1n) is 3.75. The van der Waals surface area contributed by atoms with Crippen molar-refractivity contribution in [2.24, 2.45) is 0 Å². The molecule has 2 nitrogen and oxygen atoms in total. The summed E-state index contributed by atoms with van der Waals surface area (Å²) in [5.41, 5.74) is 0. The fourth-order valence-electron chi connectivity index (χ4n) is 0.764. The van der Waals surface area contributed by atoms with Crippen LogP contribution in [0, 0.1) is 11.3 Å². The lowest BCUT2D eigenvalue weighted by Crippen LogP contribution is -1.75. The third kappa shape index (κ3) is 2.84. The van der Waals surface area contributed by atoms with Gasteiger partial charge in [-0.15, -0.1) is 11.3 Å². The van der Waals surface area contributed by atoms with Gasteiger partial charge in [-0.05, 0) is 5.75 Å². The molecule has 0 bridgehead atoms. The van der Waals surface area contributed by atoms with E-state index < -0.39 is 0 Å². The van der Waals surface area contributed by atoms with Crippen LogP contribution in [0.5, 0.6) is 0 Å². The number of thiazole rings is 1. The Balaban J connectivity index is 2.48. The standard InChI is InChI=1S/C8H10N2S2/c1-2-11-6-8-10-5-7(12-8)3-4-9/h5H,2-3,6H2,1H3. The summed E-state index contributed by atoms with van der Waals surface area (Å²) in [4.78, 5) is 5.29. The molecule has 0 aliphatic heterocycles. The molecule has 0 amide bonds. The summed E-state index contributed by atoms with van der Waals surface area (Å²) < 4.78 is 0. The second-order valence-corrected chi connectivity index (χ2v) is 4.67. The number of nitriles is 1. The zero-order valence-electron chi connectivity index (χ0n) is 6.91. The molecule has 4 heteroatoms. The lowest BCUT2D eigenvalue weighted by Gasteiger charge is -1.90. The zero-order chi connectivity index (χ0) is 8.81. The van der Waals surface area contributed by atoms with Crippen LogP contribution in [0.4, 0.5) is 0 Å². The Hall–Kier alpha value is -0.530. The molecule has 0 saturated heterocycles. The normalized spacial score (nSPS) is 9.67. The molecule has 0 radical (unpaired) electrons. The highest BCUT2D eigenvalue weighted by molar-refractivity contribution is 7.98. The fourth-order valence-corrected chi connectivity index (χ4v) is 2.35. The third-order valence-electron chi connectivity index (χ3n) is 1.28. The molecular weight excluding hydrogens is 188 g/mol. The maximum Gasteiger partial charge on any atom is 0.103 e. The van der Waals surface area contributed by atoms with E-state index in [2.05, 4.69) is 18.0 Å². The van der Waals surface area contributed by atoms with Gasteiger partial charge in [0.1, 0.15) is 5.01 Å². The molecule has 12 heavy (non-hydrogen) atoms. The van der Waals surface area contributed by atoms with Crippen molar-refractivity contribution >= 4 is 23.1 Å². The summed E-state index contributed by atoms with van der Waals surface area (Å²) >= 11 is 3.50. The molecule has 1 aromatic rings. The quantitative estimate of drug-likeness (QED) is 0.745. The Labute approximate surface area is 80.6 Å². The predicted octanol–water partition coefficient (Wildman–Crippen LogP) is 2.46. The van der Waals surface area contributed by atoms with Crippen LogP contribution in [-0.2, 0) is 12.2 Å². The van der Waals surface area contributed by atoms with Crippen molar-refractivity contribution in [3.05, 3.63) is 16.1 Å². The number of nitrogens with zero attached hydrogens (tertiary/aromatic N) is 2. The first-order chi connectivity index (χ1) is 5.86. The second kappa shape index (κ2) is 5.18. The van der Waals surface area contributed by atoms with Gasteiger partial charge in [0, 0.05) is 16.8 Å². The lowest BCUT2D eigenvalue weighted by atomic mass is 10.4. The van der Waals surface area contributed by atoms with Crippen molar-refractivity contribution in [3.8, 4) is 6.07 Å². The molecule has 1 heterocycles. The Morgan fingerprint density at radius 2 is 2.58 bits per heavy atom. The summed E-state index contributed by atoms with van der Waals surface area (Å²) in [5, 5.41) is 9.56. The van der Waals surface area contributed by atoms with E-state index in [0.717, 1.165) is 21.4 Å². The van der Waals surface area contributed by atoms with Crippen molar-refractivity contribution in [1.82, 2.24) is 4.98 Å². The topological polar surface area (TPSA) is 36.7 Å². The number of thioether (sulfide) groups is 1. The highest BCUT2D eigenvalue weighted by Crippen LogP contribution is 2.18. The van der Waals surface area contributed by atoms with E-state index in [1.54, 1.807) is 17.5 Å². The van der Waals surface area contributed by atoms with E-state index >= 15 is 0 Å². The minimum Gasteiger partial charge on any atom is -0.248 e. The maximum absolute atomic E-state index is 8.43. The van der Waals surface area contributed by atoms with E-state index in [9.17, 15) is 0 Å². The molecule has 0 aliphatic carbocycles.